The Morgan fingerprint density at radius 3 is 2.46 bits per heavy atom. The minimum Gasteiger partial charge on any atom is -0.494 e. The number of ether oxygens (including phenoxy) is 2. The predicted molar refractivity (Wildman–Crippen MR) is 106 cm³/mol. The Hall–Kier alpha value is -2.69. The molecule has 0 saturated heterocycles. The summed E-state index contributed by atoms with van der Waals surface area (Å²) < 4.78 is 11.4. The number of carbonyl (C=O) groups excluding carboxylic acids is 1. The van der Waals surface area contributed by atoms with E-state index in [1.807, 2.05) is 55.5 Å². The van der Waals surface area contributed by atoms with Gasteiger partial charge in [-0.3, -0.25) is 4.79 Å². The van der Waals surface area contributed by atoms with Crippen molar-refractivity contribution in [3.63, 3.8) is 0 Å². The van der Waals surface area contributed by atoms with E-state index >= 15 is 0 Å². The van der Waals surface area contributed by atoms with E-state index in [-0.39, 0.29) is 18.6 Å². The van der Waals surface area contributed by atoms with Crippen LogP contribution in [0.4, 0.5) is 11.4 Å². The van der Waals surface area contributed by atoms with Gasteiger partial charge in [0.1, 0.15) is 11.5 Å². The van der Waals surface area contributed by atoms with Crippen LogP contribution in [0, 0.1) is 0 Å². The fourth-order valence-corrected chi connectivity index (χ4v) is 2.27. The maximum Gasteiger partial charge on any atom is 0.243 e. The first-order chi connectivity index (χ1) is 12.6. The van der Waals surface area contributed by atoms with Crippen molar-refractivity contribution in [1.29, 1.82) is 0 Å². The third-order valence-electron chi connectivity index (χ3n) is 3.79. The van der Waals surface area contributed by atoms with Gasteiger partial charge in [-0.15, -0.1) is 0 Å². The molecule has 140 valence electrons. The van der Waals surface area contributed by atoms with Crippen molar-refractivity contribution in [2.24, 2.45) is 0 Å². The fourth-order valence-electron chi connectivity index (χ4n) is 2.27. The molecule has 1 unspecified atom stereocenters. The first-order valence-electron chi connectivity index (χ1n) is 9.14. The van der Waals surface area contributed by atoms with Crippen molar-refractivity contribution in [3.05, 3.63) is 48.5 Å². The molecule has 1 atom stereocenters. The zero-order valence-corrected chi connectivity index (χ0v) is 15.7. The van der Waals surface area contributed by atoms with E-state index in [1.54, 1.807) is 0 Å². The molecule has 5 heteroatoms. The van der Waals surface area contributed by atoms with E-state index in [9.17, 15) is 4.79 Å². The van der Waals surface area contributed by atoms with Crippen LogP contribution >= 0.6 is 0 Å². The summed E-state index contributed by atoms with van der Waals surface area (Å²) in [5, 5.41) is 5.99. The fraction of sp³-hybridized carbons (Fsp3) is 0.381. The van der Waals surface area contributed by atoms with Gasteiger partial charge in [-0.25, -0.2) is 0 Å². The topological polar surface area (TPSA) is 59.6 Å². The number of nitrogens with one attached hydrogen (secondary N) is 2. The van der Waals surface area contributed by atoms with Gasteiger partial charge in [-0.05, 0) is 44.0 Å². The zero-order valence-electron chi connectivity index (χ0n) is 15.7. The van der Waals surface area contributed by atoms with Gasteiger partial charge in [-0.1, -0.05) is 26.0 Å². The maximum absolute atomic E-state index is 12.2. The molecule has 26 heavy (non-hydrogen) atoms. The van der Waals surface area contributed by atoms with Gasteiger partial charge in [0.2, 0.25) is 5.91 Å². The Morgan fingerprint density at radius 2 is 1.73 bits per heavy atom. The summed E-state index contributed by atoms with van der Waals surface area (Å²) in [5.74, 6) is 1.43. The Morgan fingerprint density at radius 1 is 1.04 bits per heavy atom. The number of amides is 1. The van der Waals surface area contributed by atoms with E-state index in [4.69, 9.17) is 9.47 Å². The molecule has 0 heterocycles. The first kappa shape index (κ1) is 19.6. The largest absolute Gasteiger partial charge is 0.494 e. The van der Waals surface area contributed by atoms with E-state index in [2.05, 4.69) is 24.5 Å². The Balaban J connectivity index is 1.86. The molecule has 0 aromatic heterocycles. The van der Waals surface area contributed by atoms with Gasteiger partial charge in [-0.2, -0.15) is 0 Å². The SMILES string of the molecule is CCCOc1cccc(NC(=O)CNc2cccc(OC(C)CC)c2)c1. The average molecular weight is 356 g/mol. The molecule has 0 aliphatic rings. The standard InChI is InChI=1S/C21H28N2O3/c1-4-12-25-19-10-7-9-18(14-19)23-21(24)15-22-17-8-6-11-20(13-17)26-16(3)5-2/h6-11,13-14,16,22H,4-5,12,15H2,1-3H3,(H,23,24). The summed E-state index contributed by atoms with van der Waals surface area (Å²) >= 11 is 0. The summed E-state index contributed by atoms with van der Waals surface area (Å²) in [6.45, 7) is 7.01. The lowest BCUT2D eigenvalue weighted by molar-refractivity contribution is -0.114. The number of hydrogen-bond acceptors (Lipinski definition) is 4. The highest BCUT2D eigenvalue weighted by atomic mass is 16.5. The van der Waals surface area contributed by atoms with E-state index < -0.39 is 0 Å². The van der Waals surface area contributed by atoms with Crippen molar-refractivity contribution in [2.75, 3.05) is 23.8 Å². The van der Waals surface area contributed by atoms with Gasteiger partial charge in [0.25, 0.3) is 0 Å². The van der Waals surface area contributed by atoms with E-state index in [0.29, 0.717) is 6.61 Å². The zero-order chi connectivity index (χ0) is 18.8. The van der Waals surface area contributed by atoms with E-state index in [1.165, 1.54) is 0 Å². The van der Waals surface area contributed by atoms with Crippen LogP contribution in [0.25, 0.3) is 0 Å². The molecule has 0 aliphatic heterocycles. The van der Waals surface area contributed by atoms with Gasteiger partial charge in [0.05, 0.1) is 19.3 Å². The normalized spacial score (nSPS) is 11.5. The lowest BCUT2D eigenvalue weighted by Crippen LogP contribution is -2.21. The Kier molecular flexibility index (Phi) is 7.80. The minimum absolute atomic E-state index is 0.120. The number of carbonyl (C=O) groups is 1. The molecular formula is C21H28N2O3. The van der Waals surface area contributed by atoms with Gasteiger partial charge >= 0.3 is 0 Å². The van der Waals surface area contributed by atoms with Crippen molar-refractivity contribution in [3.8, 4) is 11.5 Å². The highest BCUT2D eigenvalue weighted by Crippen LogP contribution is 2.20. The van der Waals surface area contributed by atoms with Gasteiger partial charge < -0.3 is 20.1 Å². The number of benzene rings is 2. The Bertz CT molecular complexity index is 703. The lowest BCUT2D eigenvalue weighted by Gasteiger charge is -2.14. The molecule has 2 aromatic carbocycles. The number of rotatable bonds is 10. The van der Waals surface area contributed by atoms with Crippen molar-refractivity contribution in [1.82, 2.24) is 0 Å². The van der Waals surface area contributed by atoms with Crippen LogP contribution < -0.4 is 20.1 Å². The quantitative estimate of drug-likeness (QED) is 0.648. The monoisotopic (exact) mass is 356 g/mol. The molecule has 2 rings (SSSR count). The molecule has 1 amide bonds. The lowest BCUT2D eigenvalue weighted by atomic mass is 10.2. The average Bonchev–Trinajstić information content (AvgIpc) is 2.65. The minimum atomic E-state index is -0.120. The first-order valence-corrected chi connectivity index (χ1v) is 9.14. The number of hydrogen-bond donors (Lipinski definition) is 2. The molecule has 0 fully saturated rings. The van der Waals surface area contributed by atoms with Crippen LogP contribution in [-0.2, 0) is 4.79 Å². The predicted octanol–water partition coefficient (Wildman–Crippen LogP) is 4.70. The van der Waals surface area contributed by atoms with Crippen LogP contribution in [-0.4, -0.2) is 25.2 Å². The molecule has 0 spiro atoms. The summed E-state index contributed by atoms with van der Waals surface area (Å²) in [6, 6.07) is 15.1. The second-order valence-electron chi connectivity index (χ2n) is 6.14. The second kappa shape index (κ2) is 10.3. The highest BCUT2D eigenvalue weighted by molar-refractivity contribution is 5.93. The molecular weight excluding hydrogens is 328 g/mol. The summed E-state index contributed by atoms with van der Waals surface area (Å²) in [7, 11) is 0. The second-order valence-corrected chi connectivity index (χ2v) is 6.14. The third-order valence-corrected chi connectivity index (χ3v) is 3.79. The molecule has 0 saturated carbocycles. The molecule has 0 radical (unpaired) electrons. The van der Waals surface area contributed by atoms with Crippen LogP contribution in [0.2, 0.25) is 0 Å². The van der Waals surface area contributed by atoms with Gasteiger partial charge in [0.15, 0.2) is 0 Å². The third kappa shape index (κ3) is 6.67. The highest BCUT2D eigenvalue weighted by Gasteiger charge is 2.05. The smallest absolute Gasteiger partial charge is 0.243 e. The van der Waals surface area contributed by atoms with Crippen molar-refractivity contribution >= 4 is 17.3 Å². The summed E-state index contributed by atoms with van der Waals surface area (Å²) in [5.41, 5.74) is 1.57. The van der Waals surface area contributed by atoms with Crippen molar-refractivity contribution in [2.45, 2.75) is 39.7 Å². The molecule has 5 nitrogen and oxygen atoms in total. The number of anilines is 2. The molecule has 2 aromatic rings. The summed E-state index contributed by atoms with van der Waals surface area (Å²) in [4.78, 5) is 12.2. The van der Waals surface area contributed by atoms with Gasteiger partial charge in [0, 0.05) is 23.5 Å². The van der Waals surface area contributed by atoms with Crippen LogP contribution in [0.1, 0.15) is 33.6 Å². The van der Waals surface area contributed by atoms with Crippen LogP contribution in [0.5, 0.6) is 11.5 Å². The van der Waals surface area contributed by atoms with E-state index in [0.717, 1.165) is 35.7 Å². The molecule has 0 bridgehead atoms. The van der Waals surface area contributed by atoms with Crippen molar-refractivity contribution < 1.29 is 14.3 Å². The molecule has 0 aliphatic carbocycles. The Labute approximate surface area is 155 Å². The maximum atomic E-state index is 12.2. The molecule has 2 N–H and O–H groups in total. The van der Waals surface area contributed by atoms with Crippen LogP contribution in [0.15, 0.2) is 48.5 Å². The van der Waals surface area contributed by atoms with Crippen LogP contribution in [0.3, 0.4) is 0 Å². The summed E-state index contributed by atoms with van der Waals surface area (Å²) in [6.07, 6.45) is 2.05.